The predicted octanol–water partition coefficient (Wildman–Crippen LogP) is 4.14. The summed E-state index contributed by atoms with van der Waals surface area (Å²) in [6.07, 6.45) is -5.96. The van der Waals surface area contributed by atoms with Gasteiger partial charge in [0.2, 0.25) is 5.78 Å². The van der Waals surface area contributed by atoms with Crippen molar-refractivity contribution in [1.82, 2.24) is 29.1 Å². The molecular weight excluding hydrogens is 689 g/mol. The van der Waals surface area contributed by atoms with Gasteiger partial charge >= 0.3 is 39.2 Å². The van der Waals surface area contributed by atoms with E-state index in [9.17, 15) is 31.1 Å². The molecule has 4 heterocycles. The number of rotatable bonds is 4. The number of imidazole rings is 2. The van der Waals surface area contributed by atoms with Gasteiger partial charge in [0.05, 0.1) is 23.4 Å². The summed E-state index contributed by atoms with van der Waals surface area (Å²) in [4.78, 5) is 30.0. The van der Waals surface area contributed by atoms with Crippen LogP contribution in [0.3, 0.4) is 0 Å². The van der Waals surface area contributed by atoms with Crippen LogP contribution in [0.2, 0.25) is 0 Å². The number of aromatic nitrogens is 6. The number of carbonyl (C=O) groups is 1. The number of pyridine rings is 2. The maximum atomic E-state index is 13.4. The summed E-state index contributed by atoms with van der Waals surface area (Å²) in [6.45, 7) is 6.87. The smallest absolute Gasteiger partial charge is 0.407 e. The van der Waals surface area contributed by atoms with Crippen molar-refractivity contribution < 1.29 is 52.2 Å². The normalized spacial score (nSPS) is 11.4. The van der Waals surface area contributed by atoms with Gasteiger partial charge in [-0.3, -0.25) is 14.8 Å². The molecule has 4 aromatic heterocycles. The van der Waals surface area contributed by atoms with Gasteiger partial charge in [0, 0.05) is 12.0 Å². The zero-order valence-corrected chi connectivity index (χ0v) is 19.8. The molecule has 0 radical (unpaired) electrons. The van der Waals surface area contributed by atoms with Crippen LogP contribution in [0.1, 0.15) is 33.3 Å². The molecule has 0 bridgehead atoms. The SMILES string of the molecule is [C-]#[N+]c1n[c-]n(-c2cccc(C(=O)c3cccc(-n4[c-]nc(C#N)c4C(F)(F)F)n3)n2)c1C(F)(F)F.[Pt+2]. The number of nitrogens with zero attached hydrogens (tertiary/aromatic N) is 8. The fourth-order valence-corrected chi connectivity index (χ4v) is 3.09. The molecule has 0 unspecified atom stereocenters. The third kappa shape index (κ3) is 5.13. The molecule has 0 N–H and O–H groups in total. The zero-order chi connectivity index (χ0) is 26.3. The molecule has 0 saturated heterocycles. The number of nitriles is 1. The van der Waals surface area contributed by atoms with Crippen LogP contribution in [-0.2, 0) is 33.4 Å². The largest absolute Gasteiger partial charge is 2.00 e. The Labute approximate surface area is 217 Å². The minimum Gasteiger partial charge on any atom is -0.407 e. The van der Waals surface area contributed by atoms with E-state index >= 15 is 0 Å². The Kier molecular flexibility index (Phi) is 7.32. The molecule has 0 fully saturated rings. The molecule has 0 aliphatic carbocycles. The van der Waals surface area contributed by atoms with Crippen molar-refractivity contribution in [2.24, 2.45) is 0 Å². The first-order valence-corrected chi connectivity index (χ1v) is 9.38. The van der Waals surface area contributed by atoms with E-state index in [4.69, 9.17) is 11.8 Å². The molecule has 4 aromatic rings. The number of alkyl halides is 6. The summed E-state index contributed by atoms with van der Waals surface area (Å²) < 4.78 is 81.4. The van der Waals surface area contributed by atoms with Crippen molar-refractivity contribution >= 4 is 11.6 Å². The van der Waals surface area contributed by atoms with Gasteiger partial charge in [-0.1, -0.05) is 30.8 Å². The summed E-state index contributed by atoms with van der Waals surface area (Å²) >= 11 is 0. The minimum atomic E-state index is -4.99. The van der Waals surface area contributed by atoms with Gasteiger partial charge < -0.3 is 19.0 Å². The summed E-state index contributed by atoms with van der Waals surface area (Å²) in [6, 6.07) is 8.23. The average Bonchev–Trinajstić information content (AvgIpc) is 3.48. The van der Waals surface area contributed by atoms with E-state index in [1.807, 2.05) is 12.7 Å². The number of ketones is 1. The molecule has 188 valence electrons. The van der Waals surface area contributed by atoms with E-state index in [0.29, 0.717) is 9.13 Å². The van der Waals surface area contributed by atoms with Crippen LogP contribution in [0.4, 0.5) is 32.2 Å². The Morgan fingerprint density at radius 2 is 1.38 bits per heavy atom. The first-order valence-electron chi connectivity index (χ1n) is 9.38. The van der Waals surface area contributed by atoms with Crippen LogP contribution >= 0.6 is 0 Å². The molecule has 9 nitrogen and oxygen atoms in total. The second kappa shape index (κ2) is 9.95. The Hall–Kier alpha value is -4.36. The molecule has 37 heavy (non-hydrogen) atoms. The Balaban J connectivity index is 0.00000380. The van der Waals surface area contributed by atoms with Crippen LogP contribution in [0.25, 0.3) is 16.5 Å². The van der Waals surface area contributed by atoms with Crippen molar-refractivity contribution in [2.75, 3.05) is 0 Å². The zero-order valence-electron chi connectivity index (χ0n) is 17.5. The van der Waals surface area contributed by atoms with Crippen molar-refractivity contribution in [3.05, 3.63) is 88.9 Å². The van der Waals surface area contributed by atoms with Gasteiger partial charge in [0.15, 0.2) is 6.33 Å². The van der Waals surface area contributed by atoms with Crippen molar-refractivity contribution in [3.8, 4) is 17.7 Å². The van der Waals surface area contributed by atoms with E-state index in [1.165, 1.54) is 18.2 Å². The average molecular weight is 695 g/mol. The molecule has 0 atom stereocenters. The molecule has 0 aliphatic heterocycles. The van der Waals surface area contributed by atoms with Gasteiger partial charge in [-0.15, -0.1) is 4.98 Å². The second-order valence-electron chi connectivity index (χ2n) is 6.77. The van der Waals surface area contributed by atoms with E-state index in [2.05, 4.69) is 24.8 Å². The molecule has 0 saturated carbocycles. The molecule has 0 spiro atoms. The topological polar surface area (TPSA) is 107 Å². The van der Waals surface area contributed by atoms with Crippen molar-refractivity contribution in [3.63, 3.8) is 0 Å². The Bertz CT molecular complexity index is 1460. The van der Waals surface area contributed by atoms with Gasteiger partial charge in [0.25, 0.3) is 0 Å². The fourth-order valence-electron chi connectivity index (χ4n) is 3.09. The van der Waals surface area contributed by atoms with Crippen LogP contribution < -0.4 is 0 Å². The van der Waals surface area contributed by atoms with Gasteiger partial charge in [-0.25, -0.2) is 5.26 Å². The number of halogens is 6. The molecular formula is C21H6F6N8OPt. The van der Waals surface area contributed by atoms with E-state index in [-0.39, 0.29) is 21.1 Å². The first kappa shape index (κ1) is 27.2. The Morgan fingerprint density at radius 3 is 1.84 bits per heavy atom. The maximum absolute atomic E-state index is 13.4. The van der Waals surface area contributed by atoms with Crippen molar-refractivity contribution in [2.45, 2.75) is 12.4 Å². The molecule has 0 aromatic carbocycles. The summed E-state index contributed by atoms with van der Waals surface area (Å²) in [7, 11) is 0. The number of hydrogen-bond donors (Lipinski definition) is 0. The van der Waals surface area contributed by atoms with Crippen molar-refractivity contribution in [1.29, 1.82) is 5.26 Å². The monoisotopic (exact) mass is 695 g/mol. The fraction of sp³-hybridized carbons (Fsp3) is 0.0952. The van der Waals surface area contributed by atoms with Crippen LogP contribution in [0.5, 0.6) is 0 Å². The van der Waals surface area contributed by atoms with Crippen LogP contribution in [-0.4, -0.2) is 34.9 Å². The summed E-state index contributed by atoms with van der Waals surface area (Å²) in [5.41, 5.74) is -4.66. The number of hydrogen-bond acceptors (Lipinski definition) is 6. The second-order valence-corrected chi connectivity index (χ2v) is 6.77. The van der Waals surface area contributed by atoms with E-state index in [0.717, 1.165) is 24.3 Å². The molecule has 4 rings (SSSR count). The maximum Gasteiger partial charge on any atom is 2.00 e. The summed E-state index contributed by atoms with van der Waals surface area (Å²) in [5.74, 6) is -2.79. The predicted molar refractivity (Wildman–Crippen MR) is 105 cm³/mol. The molecule has 0 aliphatic rings. The molecule has 0 amide bonds. The number of carbonyl (C=O) groups excluding carboxylic acids is 1. The van der Waals surface area contributed by atoms with Crippen LogP contribution in [0, 0.1) is 30.6 Å². The van der Waals surface area contributed by atoms with Gasteiger partial charge in [-0.05, 0) is 12.1 Å². The first-order chi connectivity index (χ1) is 17.0. The molecule has 16 heteroatoms. The summed E-state index contributed by atoms with van der Waals surface area (Å²) in [5, 5.41) is 8.92. The Morgan fingerprint density at radius 1 is 0.892 bits per heavy atom. The van der Waals surface area contributed by atoms with Gasteiger partial charge in [0.1, 0.15) is 17.1 Å². The minimum absolute atomic E-state index is 0. The van der Waals surface area contributed by atoms with Crippen LogP contribution in [0.15, 0.2) is 36.4 Å². The quantitative estimate of drug-likeness (QED) is 0.181. The van der Waals surface area contributed by atoms with Gasteiger partial charge in [-0.2, -0.15) is 26.3 Å². The third-order valence-electron chi connectivity index (χ3n) is 4.54. The standard InChI is InChI=1S/C21H6F6N8O.Pt/c1-29-19-18(21(25,26)27)35(10-31-19)15-7-3-5-12(33-15)16(36)11-4-2-6-14(32-11)34-9-30-13(8-28)17(34)20(22,23)24;/h2-7H;/q-2;+2. The van der Waals surface area contributed by atoms with E-state index in [1.54, 1.807) is 0 Å². The third-order valence-corrected chi connectivity index (χ3v) is 4.54. The van der Waals surface area contributed by atoms with E-state index < -0.39 is 64.1 Å².